The van der Waals surface area contributed by atoms with Gasteiger partial charge in [0.1, 0.15) is 5.75 Å². The highest BCUT2D eigenvalue weighted by Gasteiger charge is 2.40. The van der Waals surface area contributed by atoms with E-state index >= 15 is 0 Å². The molecule has 1 spiro atoms. The summed E-state index contributed by atoms with van der Waals surface area (Å²) in [6.07, 6.45) is 9.50. The maximum atomic E-state index is 9.27. The smallest absolute Gasteiger partial charge is 0.115 e. The van der Waals surface area contributed by atoms with Gasteiger partial charge in [-0.3, -0.25) is 0 Å². The van der Waals surface area contributed by atoms with E-state index in [1.54, 1.807) is 12.1 Å². The molecule has 2 fully saturated rings. The summed E-state index contributed by atoms with van der Waals surface area (Å²) in [7, 11) is 0. The molecule has 0 aromatic heterocycles. The van der Waals surface area contributed by atoms with E-state index in [2.05, 4.69) is 0 Å². The van der Waals surface area contributed by atoms with Crippen molar-refractivity contribution in [3.05, 3.63) is 24.3 Å². The minimum absolute atomic E-state index is 0.235. The van der Waals surface area contributed by atoms with Crippen LogP contribution in [0.4, 0.5) is 0 Å². The molecule has 0 radical (unpaired) electrons. The van der Waals surface area contributed by atoms with Crippen molar-refractivity contribution in [2.24, 2.45) is 0 Å². The Hall–Kier alpha value is -0.670. The average molecular weight is 278 g/mol. The van der Waals surface area contributed by atoms with E-state index in [4.69, 9.17) is 4.74 Å². The molecular formula is C16H22O2S. The summed E-state index contributed by atoms with van der Waals surface area (Å²) in [5.74, 6) is 1.37. The van der Waals surface area contributed by atoms with Crippen molar-refractivity contribution in [3.63, 3.8) is 0 Å². The molecule has 1 unspecified atom stereocenters. The number of phenols is 1. The average Bonchev–Trinajstić information content (AvgIpc) is 2.82. The summed E-state index contributed by atoms with van der Waals surface area (Å²) in [4.78, 5) is 1.21. The van der Waals surface area contributed by atoms with Crippen LogP contribution in [0.2, 0.25) is 0 Å². The molecule has 1 aliphatic carbocycles. The van der Waals surface area contributed by atoms with Crippen LogP contribution in [0, 0.1) is 0 Å². The number of thioether (sulfide) groups is 1. The fraction of sp³-hybridized carbons (Fsp3) is 0.625. The normalized spacial score (nSPS) is 25.8. The number of hydrogen-bond acceptors (Lipinski definition) is 3. The predicted octanol–water partition coefficient (Wildman–Crippen LogP) is 4.37. The van der Waals surface area contributed by atoms with Gasteiger partial charge in [0.05, 0.1) is 11.7 Å². The van der Waals surface area contributed by atoms with Crippen LogP contribution in [0.3, 0.4) is 0 Å². The van der Waals surface area contributed by atoms with Crippen molar-refractivity contribution in [2.45, 2.75) is 61.5 Å². The molecule has 104 valence electrons. The molecule has 1 atom stereocenters. The summed E-state index contributed by atoms with van der Waals surface area (Å²) >= 11 is 1.84. The molecule has 3 rings (SSSR count). The second kappa shape index (κ2) is 5.76. The molecule has 2 aliphatic rings. The molecule has 1 saturated heterocycles. The molecule has 19 heavy (non-hydrogen) atoms. The quantitative estimate of drug-likeness (QED) is 0.833. The minimum atomic E-state index is 0.235. The summed E-state index contributed by atoms with van der Waals surface area (Å²) in [5, 5.41) is 9.27. The van der Waals surface area contributed by atoms with E-state index in [0.717, 1.165) is 5.75 Å². The topological polar surface area (TPSA) is 29.5 Å². The molecule has 1 aliphatic heterocycles. The Labute approximate surface area is 119 Å². The fourth-order valence-electron chi connectivity index (χ4n) is 3.31. The Morgan fingerprint density at radius 2 is 1.84 bits per heavy atom. The van der Waals surface area contributed by atoms with Gasteiger partial charge in [0.2, 0.25) is 0 Å². The van der Waals surface area contributed by atoms with E-state index < -0.39 is 0 Å². The Bertz CT molecular complexity index is 409. The van der Waals surface area contributed by atoms with Gasteiger partial charge < -0.3 is 9.84 Å². The Kier molecular flexibility index (Phi) is 4.04. The first-order valence-electron chi connectivity index (χ1n) is 7.35. The largest absolute Gasteiger partial charge is 0.508 e. The van der Waals surface area contributed by atoms with Gasteiger partial charge in [-0.15, -0.1) is 11.8 Å². The number of hydrogen-bond donors (Lipinski definition) is 1. The lowest BCUT2D eigenvalue weighted by molar-refractivity contribution is -0.0555. The Morgan fingerprint density at radius 1 is 1.11 bits per heavy atom. The fourth-order valence-corrected chi connectivity index (χ4v) is 4.25. The highest BCUT2D eigenvalue weighted by molar-refractivity contribution is 7.99. The van der Waals surface area contributed by atoms with Crippen molar-refractivity contribution in [2.75, 3.05) is 5.75 Å². The lowest BCUT2D eigenvalue weighted by atomic mass is 9.83. The molecule has 1 saturated carbocycles. The zero-order valence-electron chi connectivity index (χ0n) is 11.3. The van der Waals surface area contributed by atoms with Gasteiger partial charge in [0.15, 0.2) is 0 Å². The van der Waals surface area contributed by atoms with E-state index in [-0.39, 0.29) is 5.60 Å². The number of phenolic OH excluding ortho intramolecular Hbond substituents is 1. The van der Waals surface area contributed by atoms with Crippen LogP contribution in [-0.2, 0) is 4.74 Å². The van der Waals surface area contributed by atoms with E-state index in [1.165, 1.54) is 49.8 Å². The van der Waals surface area contributed by atoms with Crippen LogP contribution in [0.1, 0.15) is 44.9 Å². The van der Waals surface area contributed by atoms with Crippen molar-refractivity contribution >= 4 is 11.8 Å². The van der Waals surface area contributed by atoms with Gasteiger partial charge >= 0.3 is 0 Å². The maximum absolute atomic E-state index is 9.27. The van der Waals surface area contributed by atoms with Crippen LogP contribution >= 0.6 is 11.8 Å². The lowest BCUT2D eigenvalue weighted by Gasteiger charge is -2.33. The summed E-state index contributed by atoms with van der Waals surface area (Å²) < 4.78 is 6.37. The molecule has 0 bridgehead atoms. The van der Waals surface area contributed by atoms with Crippen molar-refractivity contribution in [1.82, 2.24) is 0 Å². The third-order valence-electron chi connectivity index (χ3n) is 4.38. The zero-order chi connectivity index (χ0) is 13.1. The van der Waals surface area contributed by atoms with Gasteiger partial charge in [-0.05, 0) is 49.9 Å². The van der Waals surface area contributed by atoms with E-state index in [0.29, 0.717) is 11.9 Å². The van der Waals surface area contributed by atoms with Crippen LogP contribution in [0.25, 0.3) is 0 Å². The summed E-state index contributed by atoms with van der Waals surface area (Å²) in [6.45, 7) is 0. The van der Waals surface area contributed by atoms with Crippen molar-refractivity contribution < 1.29 is 9.84 Å². The van der Waals surface area contributed by atoms with Gasteiger partial charge in [-0.25, -0.2) is 0 Å². The van der Waals surface area contributed by atoms with E-state index in [1.807, 2.05) is 23.9 Å². The second-order valence-electron chi connectivity index (χ2n) is 5.83. The number of benzene rings is 1. The Morgan fingerprint density at radius 3 is 2.58 bits per heavy atom. The van der Waals surface area contributed by atoms with Gasteiger partial charge in [-0.1, -0.05) is 19.3 Å². The van der Waals surface area contributed by atoms with Gasteiger partial charge in [0.25, 0.3) is 0 Å². The van der Waals surface area contributed by atoms with Crippen LogP contribution in [0.5, 0.6) is 5.75 Å². The van der Waals surface area contributed by atoms with Gasteiger partial charge in [-0.2, -0.15) is 0 Å². The highest BCUT2D eigenvalue weighted by atomic mass is 32.2. The molecule has 1 aromatic carbocycles. The first-order chi connectivity index (χ1) is 9.26. The molecule has 1 aromatic rings. The lowest BCUT2D eigenvalue weighted by Crippen LogP contribution is -2.32. The molecule has 1 heterocycles. The molecule has 3 heteroatoms. The number of rotatable bonds is 3. The monoisotopic (exact) mass is 278 g/mol. The molecule has 0 amide bonds. The maximum Gasteiger partial charge on any atom is 0.115 e. The van der Waals surface area contributed by atoms with Crippen molar-refractivity contribution in [3.8, 4) is 5.75 Å². The molecule has 1 N–H and O–H groups in total. The third-order valence-corrected chi connectivity index (χ3v) is 5.52. The highest BCUT2D eigenvalue weighted by Crippen LogP contribution is 2.42. The second-order valence-corrected chi connectivity index (χ2v) is 6.92. The first-order valence-corrected chi connectivity index (χ1v) is 8.34. The van der Waals surface area contributed by atoms with Crippen molar-refractivity contribution in [1.29, 1.82) is 0 Å². The standard InChI is InChI=1S/C16H22O2S/c17-13-4-6-15(7-5-13)19-12-14-8-11-16(18-14)9-2-1-3-10-16/h4-7,14,17H,1-3,8-12H2. The zero-order valence-corrected chi connectivity index (χ0v) is 12.1. The minimum Gasteiger partial charge on any atom is -0.508 e. The van der Waals surface area contributed by atoms with Crippen LogP contribution in [0.15, 0.2) is 29.2 Å². The van der Waals surface area contributed by atoms with Crippen LogP contribution in [-0.4, -0.2) is 22.6 Å². The molecule has 2 nitrogen and oxygen atoms in total. The van der Waals surface area contributed by atoms with Gasteiger partial charge in [0, 0.05) is 10.6 Å². The number of aromatic hydroxyl groups is 1. The number of ether oxygens (including phenoxy) is 1. The first kappa shape index (κ1) is 13.3. The molecular weight excluding hydrogens is 256 g/mol. The predicted molar refractivity (Wildman–Crippen MR) is 78.8 cm³/mol. The third kappa shape index (κ3) is 3.26. The summed E-state index contributed by atoms with van der Waals surface area (Å²) in [6, 6.07) is 7.46. The van der Waals surface area contributed by atoms with Crippen LogP contribution < -0.4 is 0 Å². The Balaban J connectivity index is 1.50. The van der Waals surface area contributed by atoms with E-state index in [9.17, 15) is 5.11 Å². The SMILES string of the molecule is Oc1ccc(SCC2CCC3(CCCCC3)O2)cc1. The summed E-state index contributed by atoms with van der Waals surface area (Å²) in [5.41, 5.74) is 0.235.